The van der Waals surface area contributed by atoms with Gasteiger partial charge in [-0.25, -0.2) is 4.79 Å². The van der Waals surface area contributed by atoms with Gasteiger partial charge >= 0.3 is 6.03 Å². The van der Waals surface area contributed by atoms with Crippen molar-refractivity contribution in [3.8, 4) is 5.75 Å². The number of hydrogen-bond acceptors (Lipinski definition) is 3. The topological polar surface area (TPSA) is 53.6 Å². The van der Waals surface area contributed by atoms with Crippen LogP contribution in [0.5, 0.6) is 5.75 Å². The predicted molar refractivity (Wildman–Crippen MR) is 118 cm³/mol. The van der Waals surface area contributed by atoms with E-state index >= 15 is 0 Å². The van der Waals surface area contributed by atoms with Crippen LogP contribution in [-0.4, -0.2) is 37.7 Å². The fourth-order valence-electron chi connectivity index (χ4n) is 4.05. The SMILES string of the molecule is COc1cccc(C(CNC(=O)Nc2cccc3ccccc23)N2CCCC2)c1. The normalized spacial score (nSPS) is 15.2. The van der Waals surface area contributed by atoms with E-state index < -0.39 is 0 Å². The second kappa shape index (κ2) is 8.97. The maximum Gasteiger partial charge on any atom is 0.319 e. The highest BCUT2D eigenvalue weighted by molar-refractivity contribution is 6.01. The molecule has 0 spiro atoms. The summed E-state index contributed by atoms with van der Waals surface area (Å²) in [5.74, 6) is 0.840. The van der Waals surface area contributed by atoms with Gasteiger partial charge in [0, 0.05) is 11.9 Å². The lowest BCUT2D eigenvalue weighted by atomic mass is 10.1. The third-order valence-electron chi connectivity index (χ3n) is 5.55. The third kappa shape index (κ3) is 4.51. The number of nitrogens with zero attached hydrogens (tertiary/aromatic N) is 1. The van der Waals surface area contributed by atoms with Gasteiger partial charge in [-0.3, -0.25) is 4.90 Å². The number of amides is 2. The molecule has 5 nitrogen and oxygen atoms in total. The van der Waals surface area contributed by atoms with Crippen molar-refractivity contribution in [2.75, 3.05) is 32.1 Å². The van der Waals surface area contributed by atoms with E-state index in [2.05, 4.69) is 27.7 Å². The van der Waals surface area contributed by atoms with Crippen LogP contribution in [0, 0.1) is 0 Å². The van der Waals surface area contributed by atoms with Gasteiger partial charge in [0.25, 0.3) is 0 Å². The summed E-state index contributed by atoms with van der Waals surface area (Å²) in [6.45, 7) is 2.65. The zero-order chi connectivity index (χ0) is 20.1. The highest BCUT2D eigenvalue weighted by Crippen LogP contribution is 2.27. The van der Waals surface area contributed by atoms with Crippen molar-refractivity contribution in [2.24, 2.45) is 0 Å². The summed E-state index contributed by atoms with van der Waals surface area (Å²) >= 11 is 0. The van der Waals surface area contributed by atoms with Crippen LogP contribution in [0.25, 0.3) is 10.8 Å². The number of nitrogens with one attached hydrogen (secondary N) is 2. The zero-order valence-corrected chi connectivity index (χ0v) is 16.7. The molecule has 0 aliphatic carbocycles. The summed E-state index contributed by atoms with van der Waals surface area (Å²) in [5, 5.41) is 8.23. The van der Waals surface area contributed by atoms with Gasteiger partial charge in [-0.15, -0.1) is 0 Å². The Balaban J connectivity index is 1.47. The molecule has 150 valence electrons. The first-order chi connectivity index (χ1) is 14.2. The van der Waals surface area contributed by atoms with Crippen LogP contribution < -0.4 is 15.4 Å². The van der Waals surface area contributed by atoms with Crippen LogP contribution >= 0.6 is 0 Å². The minimum absolute atomic E-state index is 0.130. The number of methoxy groups -OCH3 is 1. The lowest BCUT2D eigenvalue weighted by molar-refractivity contribution is 0.227. The number of carbonyl (C=O) groups excluding carboxylic acids is 1. The molecule has 1 aliphatic rings. The van der Waals surface area contributed by atoms with Gasteiger partial charge in [-0.1, -0.05) is 48.5 Å². The molecule has 1 fully saturated rings. The van der Waals surface area contributed by atoms with Gasteiger partial charge in [-0.2, -0.15) is 0 Å². The second-order valence-corrected chi connectivity index (χ2v) is 7.40. The smallest absolute Gasteiger partial charge is 0.319 e. The van der Waals surface area contributed by atoms with Gasteiger partial charge in [0.2, 0.25) is 0 Å². The van der Waals surface area contributed by atoms with Crippen LogP contribution in [0.1, 0.15) is 24.4 Å². The molecule has 1 saturated heterocycles. The molecular formula is C24H27N3O2. The van der Waals surface area contributed by atoms with E-state index in [4.69, 9.17) is 4.74 Å². The number of rotatable bonds is 6. The van der Waals surface area contributed by atoms with E-state index in [-0.39, 0.29) is 12.1 Å². The van der Waals surface area contributed by atoms with Gasteiger partial charge in [0.1, 0.15) is 5.75 Å². The molecule has 0 bridgehead atoms. The molecule has 0 aromatic heterocycles. The van der Waals surface area contributed by atoms with Crippen molar-refractivity contribution in [3.05, 3.63) is 72.3 Å². The summed E-state index contributed by atoms with van der Waals surface area (Å²) < 4.78 is 5.39. The number of carbonyl (C=O) groups is 1. The summed E-state index contributed by atoms with van der Waals surface area (Å²) in [4.78, 5) is 15.1. The minimum Gasteiger partial charge on any atom is -0.497 e. The summed E-state index contributed by atoms with van der Waals surface area (Å²) in [6.07, 6.45) is 2.39. The maximum atomic E-state index is 12.7. The molecule has 1 unspecified atom stereocenters. The van der Waals surface area contributed by atoms with Crippen LogP contribution in [0.2, 0.25) is 0 Å². The van der Waals surface area contributed by atoms with Crippen molar-refractivity contribution in [1.29, 1.82) is 0 Å². The Hall–Kier alpha value is -3.05. The van der Waals surface area contributed by atoms with E-state index in [0.717, 1.165) is 40.9 Å². The molecule has 2 amide bonds. The maximum absolute atomic E-state index is 12.7. The molecule has 2 N–H and O–H groups in total. The fourth-order valence-corrected chi connectivity index (χ4v) is 4.05. The zero-order valence-electron chi connectivity index (χ0n) is 16.7. The first kappa shape index (κ1) is 19.3. The Morgan fingerprint density at radius 1 is 1.03 bits per heavy atom. The summed E-state index contributed by atoms with van der Waals surface area (Å²) in [5.41, 5.74) is 1.98. The molecule has 1 atom stereocenters. The average molecular weight is 389 g/mol. The number of hydrogen-bond donors (Lipinski definition) is 2. The van der Waals surface area contributed by atoms with Crippen molar-refractivity contribution < 1.29 is 9.53 Å². The largest absolute Gasteiger partial charge is 0.497 e. The lowest BCUT2D eigenvalue weighted by Crippen LogP contribution is -2.38. The monoisotopic (exact) mass is 389 g/mol. The highest BCUT2D eigenvalue weighted by atomic mass is 16.5. The number of fused-ring (bicyclic) bond motifs is 1. The first-order valence-electron chi connectivity index (χ1n) is 10.2. The summed E-state index contributed by atoms with van der Waals surface area (Å²) in [7, 11) is 1.68. The number of benzene rings is 3. The Bertz CT molecular complexity index is 977. The molecule has 5 heteroatoms. The predicted octanol–water partition coefficient (Wildman–Crippen LogP) is 4.81. The van der Waals surface area contributed by atoms with Crippen LogP contribution in [0.3, 0.4) is 0 Å². The Morgan fingerprint density at radius 2 is 1.79 bits per heavy atom. The second-order valence-electron chi connectivity index (χ2n) is 7.40. The first-order valence-corrected chi connectivity index (χ1v) is 10.2. The molecule has 1 heterocycles. The number of urea groups is 1. The quantitative estimate of drug-likeness (QED) is 0.636. The van der Waals surface area contributed by atoms with E-state index in [0.29, 0.717) is 6.54 Å². The van der Waals surface area contributed by atoms with Crippen molar-refractivity contribution in [3.63, 3.8) is 0 Å². The number of ether oxygens (including phenoxy) is 1. The van der Waals surface area contributed by atoms with E-state index in [1.807, 2.05) is 54.6 Å². The van der Waals surface area contributed by atoms with Crippen molar-refractivity contribution in [1.82, 2.24) is 10.2 Å². The molecule has 0 radical (unpaired) electrons. The standard InChI is InChI=1S/C24H27N3O2/c1-29-20-11-6-10-19(16-20)23(27-14-4-5-15-27)17-25-24(28)26-22-13-7-9-18-8-2-3-12-21(18)22/h2-3,6-13,16,23H,4-5,14-15,17H2,1H3,(H2,25,26,28). The Morgan fingerprint density at radius 3 is 2.62 bits per heavy atom. The molecule has 1 aliphatic heterocycles. The highest BCUT2D eigenvalue weighted by Gasteiger charge is 2.24. The number of anilines is 1. The van der Waals surface area contributed by atoms with Crippen LogP contribution in [0.15, 0.2) is 66.7 Å². The fraction of sp³-hybridized carbons (Fsp3) is 0.292. The molecule has 4 rings (SSSR count). The Kier molecular flexibility index (Phi) is 5.96. The molecule has 29 heavy (non-hydrogen) atoms. The summed E-state index contributed by atoms with van der Waals surface area (Å²) in [6, 6.07) is 22.1. The molecular weight excluding hydrogens is 362 g/mol. The van der Waals surface area contributed by atoms with Crippen LogP contribution in [0.4, 0.5) is 10.5 Å². The minimum atomic E-state index is -0.187. The molecule has 3 aromatic rings. The Labute approximate surface area is 171 Å². The van der Waals surface area contributed by atoms with Gasteiger partial charge in [0.05, 0.1) is 18.8 Å². The average Bonchev–Trinajstić information content (AvgIpc) is 3.29. The van der Waals surface area contributed by atoms with E-state index in [9.17, 15) is 4.79 Å². The van der Waals surface area contributed by atoms with Crippen molar-refractivity contribution in [2.45, 2.75) is 18.9 Å². The number of likely N-dealkylation sites (tertiary alicyclic amines) is 1. The van der Waals surface area contributed by atoms with Gasteiger partial charge in [0.15, 0.2) is 0 Å². The van der Waals surface area contributed by atoms with E-state index in [1.165, 1.54) is 12.8 Å². The van der Waals surface area contributed by atoms with E-state index in [1.54, 1.807) is 7.11 Å². The van der Waals surface area contributed by atoms with Crippen LogP contribution in [-0.2, 0) is 0 Å². The third-order valence-corrected chi connectivity index (χ3v) is 5.55. The molecule has 3 aromatic carbocycles. The van der Waals surface area contributed by atoms with Crippen molar-refractivity contribution >= 4 is 22.5 Å². The van der Waals surface area contributed by atoms with Gasteiger partial charge in [-0.05, 0) is 55.1 Å². The lowest BCUT2D eigenvalue weighted by Gasteiger charge is -2.28. The van der Waals surface area contributed by atoms with Gasteiger partial charge < -0.3 is 15.4 Å². The molecule has 0 saturated carbocycles.